The van der Waals surface area contributed by atoms with E-state index < -0.39 is 0 Å². The van der Waals surface area contributed by atoms with Gasteiger partial charge in [0.15, 0.2) is 0 Å². The second-order valence-corrected chi connectivity index (χ2v) is 5.16. The van der Waals surface area contributed by atoms with Crippen molar-refractivity contribution in [3.05, 3.63) is 18.0 Å². The molecule has 0 radical (unpaired) electrons. The molecule has 1 aromatic heterocycles. The monoisotopic (exact) mass is 265 g/mol. The second kappa shape index (κ2) is 6.70. The third kappa shape index (κ3) is 3.80. The number of aryl methyl sites for hydroxylation is 1. The molecule has 5 nitrogen and oxygen atoms in total. The Morgan fingerprint density at radius 1 is 1.53 bits per heavy atom. The summed E-state index contributed by atoms with van der Waals surface area (Å²) in [6.07, 6.45) is 6.86. The van der Waals surface area contributed by atoms with Crippen molar-refractivity contribution in [2.75, 3.05) is 20.2 Å². The number of ether oxygens (including phenoxy) is 1. The summed E-state index contributed by atoms with van der Waals surface area (Å²) >= 11 is 0. The Morgan fingerprint density at radius 2 is 2.37 bits per heavy atom. The number of likely N-dealkylation sites (tertiary alicyclic amines) is 1. The molecule has 1 aromatic rings. The van der Waals surface area contributed by atoms with Gasteiger partial charge in [-0.05, 0) is 25.5 Å². The Balaban J connectivity index is 1.88. The normalized spacial score (nSPS) is 20.4. The summed E-state index contributed by atoms with van der Waals surface area (Å²) in [5.74, 6) is -0.0996. The molecule has 1 unspecified atom stereocenters. The van der Waals surface area contributed by atoms with E-state index in [1.165, 1.54) is 25.6 Å². The molecular weight excluding hydrogens is 242 g/mol. The Labute approximate surface area is 114 Å². The fourth-order valence-corrected chi connectivity index (χ4v) is 2.77. The number of aromatic nitrogens is 2. The maximum Gasteiger partial charge on any atom is 0.307 e. The lowest BCUT2D eigenvalue weighted by Gasteiger charge is -2.35. The van der Waals surface area contributed by atoms with E-state index >= 15 is 0 Å². The van der Waals surface area contributed by atoms with Crippen molar-refractivity contribution in [1.82, 2.24) is 14.7 Å². The van der Waals surface area contributed by atoms with Crippen molar-refractivity contribution < 1.29 is 9.53 Å². The van der Waals surface area contributed by atoms with Gasteiger partial charge in [-0.15, -0.1) is 0 Å². The number of hydrogen-bond acceptors (Lipinski definition) is 4. The van der Waals surface area contributed by atoms with E-state index in [-0.39, 0.29) is 5.97 Å². The third-order valence-electron chi connectivity index (χ3n) is 3.96. The summed E-state index contributed by atoms with van der Waals surface area (Å²) in [5.41, 5.74) is 1.24. The van der Waals surface area contributed by atoms with Crippen LogP contribution in [-0.4, -0.2) is 46.9 Å². The van der Waals surface area contributed by atoms with Crippen LogP contribution in [0.25, 0.3) is 0 Å². The molecule has 0 N–H and O–H groups in total. The van der Waals surface area contributed by atoms with Crippen LogP contribution in [0.2, 0.25) is 0 Å². The van der Waals surface area contributed by atoms with E-state index in [4.69, 9.17) is 4.74 Å². The number of nitrogens with zero attached hydrogens (tertiary/aromatic N) is 3. The number of methoxy groups -OCH3 is 1. The van der Waals surface area contributed by atoms with E-state index in [0.717, 1.165) is 25.9 Å². The number of piperidine rings is 1. The molecule has 1 aliphatic heterocycles. The first-order chi connectivity index (χ1) is 9.20. The number of carbonyl (C=O) groups excluding carboxylic acids is 1. The zero-order valence-electron chi connectivity index (χ0n) is 11.8. The molecule has 0 amide bonds. The Kier molecular flexibility index (Phi) is 4.96. The summed E-state index contributed by atoms with van der Waals surface area (Å²) in [7, 11) is 3.43. The minimum Gasteiger partial charge on any atom is -0.469 e. The first-order valence-electron chi connectivity index (χ1n) is 6.98. The molecule has 19 heavy (non-hydrogen) atoms. The molecule has 1 fully saturated rings. The Morgan fingerprint density at radius 3 is 3.05 bits per heavy atom. The highest BCUT2D eigenvalue weighted by molar-refractivity contribution is 5.69. The third-order valence-corrected chi connectivity index (χ3v) is 3.96. The van der Waals surface area contributed by atoms with E-state index in [1.54, 1.807) is 0 Å². The van der Waals surface area contributed by atoms with Gasteiger partial charge in [-0.3, -0.25) is 14.4 Å². The molecule has 106 valence electrons. The first-order valence-corrected chi connectivity index (χ1v) is 6.98. The van der Waals surface area contributed by atoms with Crippen LogP contribution in [0.5, 0.6) is 0 Å². The van der Waals surface area contributed by atoms with Crippen molar-refractivity contribution in [2.45, 2.75) is 38.1 Å². The molecule has 0 aliphatic carbocycles. The lowest BCUT2D eigenvalue weighted by atomic mass is 9.99. The average molecular weight is 265 g/mol. The highest BCUT2D eigenvalue weighted by atomic mass is 16.5. The van der Waals surface area contributed by atoms with Crippen LogP contribution in [0.3, 0.4) is 0 Å². The van der Waals surface area contributed by atoms with Crippen LogP contribution in [0.1, 0.15) is 31.4 Å². The maximum atomic E-state index is 11.4. The SMILES string of the molecule is COC(=O)CC1CCCCN1CCc1ccnn1C. The van der Waals surface area contributed by atoms with Crippen LogP contribution in [0.4, 0.5) is 0 Å². The molecule has 5 heteroatoms. The van der Waals surface area contributed by atoms with Crippen LogP contribution in [-0.2, 0) is 23.0 Å². The lowest BCUT2D eigenvalue weighted by molar-refractivity contribution is -0.142. The molecule has 2 rings (SSSR count). The van der Waals surface area contributed by atoms with Gasteiger partial charge in [-0.1, -0.05) is 6.42 Å². The van der Waals surface area contributed by atoms with Crippen molar-refractivity contribution in [2.24, 2.45) is 7.05 Å². The van der Waals surface area contributed by atoms with E-state index in [2.05, 4.69) is 16.1 Å². The van der Waals surface area contributed by atoms with Gasteiger partial charge in [-0.25, -0.2) is 0 Å². The Bertz CT molecular complexity index is 417. The number of carbonyl (C=O) groups is 1. The first kappa shape index (κ1) is 14.1. The lowest BCUT2D eigenvalue weighted by Crippen LogP contribution is -2.42. The predicted octanol–water partition coefficient (Wildman–Crippen LogP) is 1.38. The molecule has 2 heterocycles. The van der Waals surface area contributed by atoms with Crippen LogP contribution < -0.4 is 0 Å². The molecule has 1 atom stereocenters. The molecule has 1 saturated heterocycles. The fraction of sp³-hybridized carbons (Fsp3) is 0.714. The summed E-state index contributed by atoms with van der Waals surface area (Å²) in [5, 5.41) is 4.19. The van der Waals surface area contributed by atoms with Crippen molar-refractivity contribution >= 4 is 5.97 Å². The molecule has 0 spiro atoms. The Hall–Kier alpha value is -1.36. The minimum absolute atomic E-state index is 0.0996. The molecule has 0 bridgehead atoms. The predicted molar refractivity (Wildman–Crippen MR) is 72.8 cm³/mol. The van der Waals surface area contributed by atoms with E-state index in [9.17, 15) is 4.79 Å². The fourth-order valence-electron chi connectivity index (χ4n) is 2.77. The van der Waals surface area contributed by atoms with Crippen molar-refractivity contribution in [1.29, 1.82) is 0 Å². The topological polar surface area (TPSA) is 47.4 Å². The van der Waals surface area contributed by atoms with Gasteiger partial charge < -0.3 is 4.74 Å². The molecule has 1 aliphatic rings. The summed E-state index contributed by atoms with van der Waals surface area (Å²) < 4.78 is 6.71. The van der Waals surface area contributed by atoms with Crippen molar-refractivity contribution in [3.8, 4) is 0 Å². The largest absolute Gasteiger partial charge is 0.469 e. The van der Waals surface area contributed by atoms with Gasteiger partial charge in [0.25, 0.3) is 0 Å². The van der Waals surface area contributed by atoms with Gasteiger partial charge in [0.2, 0.25) is 0 Å². The summed E-state index contributed by atoms with van der Waals surface area (Å²) in [6.45, 7) is 2.07. The molecular formula is C14H23N3O2. The zero-order chi connectivity index (χ0) is 13.7. The summed E-state index contributed by atoms with van der Waals surface area (Å²) in [6, 6.07) is 2.40. The maximum absolute atomic E-state index is 11.4. The van der Waals surface area contributed by atoms with Gasteiger partial charge in [0.05, 0.1) is 13.5 Å². The highest BCUT2D eigenvalue weighted by Gasteiger charge is 2.24. The van der Waals surface area contributed by atoms with E-state index in [0.29, 0.717) is 12.5 Å². The van der Waals surface area contributed by atoms with Crippen LogP contribution >= 0.6 is 0 Å². The number of hydrogen-bond donors (Lipinski definition) is 0. The number of esters is 1. The van der Waals surface area contributed by atoms with E-state index in [1.807, 2.05) is 17.9 Å². The van der Waals surface area contributed by atoms with Gasteiger partial charge in [-0.2, -0.15) is 5.10 Å². The molecule has 0 saturated carbocycles. The smallest absolute Gasteiger partial charge is 0.307 e. The number of rotatable bonds is 5. The van der Waals surface area contributed by atoms with Crippen LogP contribution in [0.15, 0.2) is 12.3 Å². The zero-order valence-corrected chi connectivity index (χ0v) is 11.8. The van der Waals surface area contributed by atoms with Gasteiger partial charge in [0.1, 0.15) is 0 Å². The standard InChI is InChI=1S/C14H23N3O2/c1-16-12(6-8-15-16)7-10-17-9-4-3-5-13(17)11-14(18)19-2/h6,8,13H,3-5,7,9-11H2,1-2H3. The molecule has 0 aromatic carbocycles. The second-order valence-electron chi connectivity index (χ2n) is 5.16. The average Bonchev–Trinajstić information content (AvgIpc) is 2.83. The minimum atomic E-state index is -0.0996. The summed E-state index contributed by atoms with van der Waals surface area (Å²) in [4.78, 5) is 13.9. The quantitative estimate of drug-likeness (QED) is 0.755. The van der Waals surface area contributed by atoms with Crippen molar-refractivity contribution in [3.63, 3.8) is 0 Å². The van der Waals surface area contributed by atoms with Gasteiger partial charge >= 0.3 is 5.97 Å². The highest BCUT2D eigenvalue weighted by Crippen LogP contribution is 2.20. The van der Waals surface area contributed by atoms with Gasteiger partial charge in [0, 0.05) is 37.9 Å². The van der Waals surface area contributed by atoms with Crippen LogP contribution in [0, 0.1) is 0 Å².